The number of quaternary nitrogens is 1. The highest BCUT2D eigenvalue weighted by molar-refractivity contribution is 5.89. The Kier molecular flexibility index (Phi) is 6.92. The number of ether oxygens (including phenoxy) is 2. The predicted octanol–water partition coefficient (Wildman–Crippen LogP) is 2.85. The third kappa shape index (κ3) is 4.57. The number of nitrogens with zero attached hydrogens (tertiary/aromatic N) is 1. The van der Waals surface area contributed by atoms with Gasteiger partial charge in [-0.05, 0) is 44.2 Å². The molecule has 0 aliphatic carbocycles. The molecule has 3 rings (SSSR count). The van der Waals surface area contributed by atoms with Crippen molar-refractivity contribution in [2.45, 2.75) is 34.3 Å². The molecule has 1 aromatic heterocycles. The van der Waals surface area contributed by atoms with E-state index in [1.165, 1.54) is 19.4 Å². The highest BCUT2D eigenvalue weighted by atomic mass is 16.5. The second-order valence-corrected chi connectivity index (χ2v) is 6.31. The molecule has 28 heavy (non-hydrogen) atoms. The summed E-state index contributed by atoms with van der Waals surface area (Å²) >= 11 is 0. The van der Waals surface area contributed by atoms with Gasteiger partial charge >= 0.3 is 11.9 Å². The normalized spacial score (nSPS) is 10.2. The Morgan fingerprint density at radius 2 is 1.64 bits per heavy atom. The first-order valence-electron chi connectivity index (χ1n) is 8.71. The van der Waals surface area contributed by atoms with Crippen LogP contribution in [-0.2, 0) is 20.9 Å². The number of hydrogen-bond acceptors (Lipinski definition) is 5. The minimum absolute atomic E-state index is 0.0323. The van der Waals surface area contributed by atoms with E-state index in [-0.39, 0.29) is 12.6 Å². The molecule has 148 valence electrons. The van der Waals surface area contributed by atoms with Crippen molar-refractivity contribution in [3.8, 4) is 11.4 Å². The molecule has 0 spiro atoms. The summed E-state index contributed by atoms with van der Waals surface area (Å²) in [5.74, 6) is 1.84. The maximum atomic E-state index is 11.5. The molecule has 0 atom stereocenters. The number of rotatable bonds is 4. The number of aromatic nitrogens is 1. The van der Waals surface area contributed by atoms with Crippen LogP contribution in [0.1, 0.15) is 30.7 Å². The summed E-state index contributed by atoms with van der Waals surface area (Å²) in [6.07, 6.45) is 0. The van der Waals surface area contributed by atoms with E-state index in [0.717, 1.165) is 22.3 Å². The third-order valence-corrected chi connectivity index (χ3v) is 4.18. The zero-order valence-corrected chi connectivity index (χ0v) is 16.5. The summed E-state index contributed by atoms with van der Waals surface area (Å²) in [5.41, 5.74) is 4.73. The van der Waals surface area contributed by atoms with Crippen LogP contribution in [0.4, 0.5) is 0 Å². The number of hydrogen-bond donors (Lipinski definition) is 2. The van der Waals surface area contributed by atoms with Gasteiger partial charge in [-0.25, -0.2) is 11.1 Å². The van der Waals surface area contributed by atoms with Crippen LogP contribution in [0.15, 0.2) is 42.5 Å². The molecule has 0 bridgehead atoms. The predicted molar refractivity (Wildman–Crippen MR) is 104 cm³/mol. The highest BCUT2D eigenvalue weighted by Gasteiger charge is 2.18. The monoisotopic (exact) mass is 385 g/mol. The van der Waals surface area contributed by atoms with Crippen molar-refractivity contribution in [2.75, 3.05) is 0 Å². The van der Waals surface area contributed by atoms with Gasteiger partial charge in [0, 0.05) is 30.6 Å². The van der Waals surface area contributed by atoms with Gasteiger partial charge in [0.25, 0.3) is 0 Å². The van der Waals surface area contributed by atoms with Crippen LogP contribution in [-0.4, -0.2) is 21.7 Å². The van der Waals surface area contributed by atoms with Crippen LogP contribution in [0.5, 0.6) is 5.75 Å². The van der Waals surface area contributed by atoms with Gasteiger partial charge in [0.15, 0.2) is 0 Å². The summed E-state index contributed by atoms with van der Waals surface area (Å²) in [7, 11) is 0. The number of carbonyl (C=O) groups is 2. The fourth-order valence-corrected chi connectivity index (χ4v) is 3.07. The standard InChI is InChI=1S/C21H21NO4.H4NO/c1-13-5-8-18(9-6-13)22-14(2)11-17-7-10-20(26-16(4)24)19(21(17)22)12-25-15(3)23;1-2/h5-11H,12H2,1-4H3;2H,1H3/q;+1. The SMILES string of the molecule is CC(=O)OCc1c(OC(C)=O)ccc2cc(C)n(-c3ccc(C)cc3)c12.[NH3+]O. The quantitative estimate of drug-likeness (QED) is 0.408. The highest BCUT2D eigenvalue weighted by Crippen LogP contribution is 2.33. The molecule has 2 aromatic carbocycles. The van der Waals surface area contributed by atoms with E-state index in [2.05, 4.69) is 16.5 Å². The van der Waals surface area contributed by atoms with Gasteiger partial charge in [-0.1, -0.05) is 17.7 Å². The molecule has 4 N–H and O–H groups in total. The van der Waals surface area contributed by atoms with Gasteiger partial charge in [0.1, 0.15) is 12.4 Å². The first-order valence-corrected chi connectivity index (χ1v) is 8.71. The number of benzene rings is 2. The van der Waals surface area contributed by atoms with E-state index < -0.39 is 5.97 Å². The summed E-state index contributed by atoms with van der Waals surface area (Å²) in [6, 6.07) is 13.9. The molecule has 0 fully saturated rings. The molecule has 1 heterocycles. The van der Waals surface area contributed by atoms with Crippen molar-refractivity contribution < 1.29 is 30.2 Å². The van der Waals surface area contributed by atoms with Crippen LogP contribution < -0.4 is 10.6 Å². The van der Waals surface area contributed by atoms with Gasteiger partial charge in [-0.15, -0.1) is 0 Å². The lowest BCUT2D eigenvalue weighted by Gasteiger charge is -2.15. The average molecular weight is 385 g/mol. The Labute approximate surface area is 163 Å². The smallest absolute Gasteiger partial charge is 0.308 e. The minimum Gasteiger partial charge on any atom is -0.461 e. The maximum Gasteiger partial charge on any atom is 0.308 e. The lowest BCUT2D eigenvalue weighted by atomic mass is 10.1. The molecular formula is C21H25N2O5+. The largest absolute Gasteiger partial charge is 0.461 e. The molecule has 0 amide bonds. The topological polar surface area (TPSA) is 105 Å². The molecular weight excluding hydrogens is 360 g/mol. The summed E-state index contributed by atoms with van der Waals surface area (Å²) in [5, 5.41) is 7.74. The molecule has 7 nitrogen and oxygen atoms in total. The van der Waals surface area contributed by atoms with Crippen molar-refractivity contribution in [1.29, 1.82) is 0 Å². The fourth-order valence-electron chi connectivity index (χ4n) is 3.07. The third-order valence-electron chi connectivity index (χ3n) is 4.18. The number of fused-ring (bicyclic) bond motifs is 1. The van der Waals surface area contributed by atoms with E-state index in [1.54, 1.807) is 6.07 Å². The average Bonchev–Trinajstić information content (AvgIpc) is 2.99. The molecule has 0 radical (unpaired) electrons. The maximum absolute atomic E-state index is 11.5. The number of aryl methyl sites for hydroxylation is 2. The van der Waals surface area contributed by atoms with Gasteiger partial charge < -0.3 is 14.0 Å². The van der Waals surface area contributed by atoms with E-state index in [9.17, 15) is 9.59 Å². The lowest BCUT2D eigenvalue weighted by molar-refractivity contribution is -0.670. The summed E-state index contributed by atoms with van der Waals surface area (Å²) in [4.78, 5) is 22.8. The van der Waals surface area contributed by atoms with Crippen LogP contribution in [0.25, 0.3) is 16.6 Å². The van der Waals surface area contributed by atoms with E-state index >= 15 is 0 Å². The van der Waals surface area contributed by atoms with Crippen LogP contribution in [0, 0.1) is 13.8 Å². The molecule has 0 aliphatic rings. The van der Waals surface area contributed by atoms with Crippen molar-refractivity contribution in [2.24, 2.45) is 0 Å². The van der Waals surface area contributed by atoms with Gasteiger partial charge in [0.2, 0.25) is 0 Å². The molecule has 0 saturated heterocycles. The summed E-state index contributed by atoms with van der Waals surface area (Å²) in [6.45, 7) is 6.79. The molecule has 0 saturated carbocycles. The molecule has 3 aromatic rings. The zero-order chi connectivity index (χ0) is 20.8. The van der Waals surface area contributed by atoms with E-state index in [4.69, 9.17) is 14.7 Å². The lowest BCUT2D eigenvalue weighted by Crippen LogP contribution is -2.42. The second-order valence-electron chi connectivity index (χ2n) is 6.31. The first-order chi connectivity index (χ1) is 13.4. The number of carbonyl (C=O) groups excluding carboxylic acids is 2. The van der Waals surface area contributed by atoms with Crippen molar-refractivity contribution in [3.05, 3.63) is 59.3 Å². The van der Waals surface area contributed by atoms with Crippen LogP contribution >= 0.6 is 0 Å². The van der Waals surface area contributed by atoms with Crippen molar-refractivity contribution in [3.63, 3.8) is 0 Å². The van der Waals surface area contributed by atoms with Gasteiger partial charge in [0.05, 0.1) is 11.1 Å². The molecule has 7 heteroatoms. The fraction of sp³-hybridized carbons (Fsp3) is 0.238. The Bertz CT molecular complexity index is 990. The Balaban J connectivity index is 0.00000136. The minimum atomic E-state index is -0.418. The molecule has 0 aliphatic heterocycles. The molecule has 0 unspecified atom stereocenters. The van der Waals surface area contributed by atoms with Gasteiger partial charge in [-0.3, -0.25) is 9.59 Å². The zero-order valence-electron chi connectivity index (χ0n) is 16.5. The van der Waals surface area contributed by atoms with E-state index in [0.29, 0.717) is 11.3 Å². The first kappa shape index (κ1) is 21.1. The van der Waals surface area contributed by atoms with Gasteiger partial charge in [-0.2, -0.15) is 0 Å². The Morgan fingerprint density at radius 3 is 2.21 bits per heavy atom. The van der Waals surface area contributed by atoms with Crippen LogP contribution in [0.3, 0.4) is 0 Å². The van der Waals surface area contributed by atoms with Crippen LogP contribution in [0.2, 0.25) is 0 Å². The second kappa shape index (κ2) is 9.16. The number of esters is 2. The van der Waals surface area contributed by atoms with Crippen molar-refractivity contribution >= 4 is 22.8 Å². The summed E-state index contributed by atoms with van der Waals surface area (Å²) < 4.78 is 12.7. The van der Waals surface area contributed by atoms with E-state index in [1.807, 2.05) is 44.2 Å². The van der Waals surface area contributed by atoms with Crippen molar-refractivity contribution in [1.82, 2.24) is 4.57 Å². The Hall–Kier alpha value is -3.16. The Morgan fingerprint density at radius 1 is 1.00 bits per heavy atom.